The molecule has 0 amide bonds. The van der Waals surface area contributed by atoms with E-state index in [-0.39, 0.29) is 12.0 Å². The highest BCUT2D eigenvalue weighted by atomic mass is 15.2. The molecule has 0 N–H and O–H groups in total. The molecule has 1 heteroatoms. The molecule has 11 aromatic carbocycles. The maximum atomic E-state index is 2.55. The molecule has 0 saturated carbocycles. The van der Waals surface area contributed by atoms with E-state index < -0.39 is 5.41 Å². The Morgan fingerprint density at radius 1 is 0.357 bits per heavy atom. The zero-order chi connectivity index (χ0) is 46.2. The Morgan fingerprint density at radius 2 is 0.871 bits per heavy atom. The molecule has 3 aliphatic rings. The molecule has 0 saturated heterocycles. The van der Waals surface area contributed by atoms with Gasteiger partial charge in [0.1, 0.15) is 0 Å². The molecule has 14 rings (SSSR count). The second-order valence-corrected chi connectivity index (χ2v) is 19.1. The molecule has 11 aromatic rings. The van der Waals surface area contributed by atoms with Crippen molar-refractivity contribution < 1.29 is 0 Å². The number of anilines is 2. The summed E-state index contributed by atoms with van der Waals surface area (Å²) in [5.41, 5.74) is 21.1. The van der Waals surface area contributed by atoms with Gasteiger partial charge in [-0.2, -0.15) is 0 Å². The number of benzene rings is 11. The predicted molar refractivity (Wildman–Crippen MR) is 294 cm³/mol. The van der Waals surface area contributed by atoms with E-state index >= 15 is 0 Å². The van der Waals surface area contributed by atoms with Gasteiger partial charge in [-0.3, -0.25) is 0 Å². The lowest BCUT2D eigenvalue weighted by atomic mass is 9.67. The summed E-state index contributed by atoms with van der Waals surface area (Å²) in [6.45, 7) is 0. The second kappa shape index (κ2) is 16.2. The minimum atomic E-state index is -0.462. The van der Waals surface area contributed by atoms with Crippen LogP contribution in [0, 0.1) is 0 Å². The number of hydrogen-bond donors (Lipinski definition) is 0. The highest BCUT2D eigenvalue weighted by molar-refractivity contribution is 6.21. The molecule has 0 radical (unpaired) electrons. The van der Waals surface area contributed by atoms with Gasteiger partial charge in [0.25, 0.3) is 0 Å². The van der Waals surface area contributed by atoms with Gasteiger partial charge in [-0.1, -0.05) is 237 Å². The van der Waals surface area contributed by atoms with Gasteiger partial charge in [0.2, 0.25) is 0 Å². The molecular weight excluding hydrogens is 843 g/mol. The highest BCUT2D eigenvalue weighted by Crippen LogP contribution is 2.57. The first kappa shape index (κ1) is 40.3. The molecule has 1 aliphatic heterocycles. The van der Waals surface area contributed by atoms with Gasteiger partial charge < -0.3 is 4.90 Å². The lowest BCUT2D eigenvalue weighted by Gasteiger charge is -2.34. The lowest BCUT2D eigenvalue weighted by molar-refractivity contribution is 0.747. The van der Waals surface area contributed by atoms with Gasteiger partial charge in [-0.05, 0) is 141 Å². The van der Waals surface area contributed by atoms with Crippen molar-refractivity contribution in [3.05, 3.63) is 306 Å². The normalized spacial score (nSPS) is 16.1. The van der Waals surface area contributed by atoms with Gasteiger partial charge in [0.05, 0.1) is 11.5 Å². The maximum Gasteiger partial charge on any atom is 0.0713 e. The highest BCUT2D eigenvalue weighted by Gasteiger charge is 2.46. The smallest absolute Gasteiger partial charge is 0.0713 e. The molecule has 2 atom stereocenters. The predicted octanol–water partition coefficient (Wildman–Crippen LogP) is 17.6. The monoisotopic (exact) mass is 889 g/mol. The number of hydrogen-bond acceptors (Lipinski definition) is 1. The summed E-state index contributed by atoms with van der Waals surface area (Å²) in [7, 11) is 0. The first-order chi connectivity index (χ1) is 34.7. The molecule has 328 valence electrons. The molecule has 0 aromatic heterocycles. The summed E-state index contributed by atoms with van der Waals surface area (Å²) in [6.07, 6.45) is 7.37. The number of fused-ring (bicyclic) bond motifs is 8. The first-order valence-corrected chi connectivity index (χ1v) is 24.6. The van der Waals surface area contributed by atoms with Crippen molar-refractivity contribution in [3.8, 4) is 44.5 Å². The van der Waals surface area contributed by atoms with E-state index in [1.54, 1.807) is 0 Å². The molecular formula is C69H47N. The molecule has 0 spiro atoms. The zero-order valence-corrected chi connectivity index (χ0v) is 38.6. The van der Waals surface area contributed by atoms with Crippen LogP contribution in [0.25, 0.3) is 71.6 Å². The third-order valence-electron chi connectivity index (χ3n) is 15.5. The van der Waals surface area contributed by atoms with E-state index in [2.05, 4.69) is 278 Å². The van der Waals surface area contributed by atoms with Crippen molar-refractivity contribution in [2.75, 3.05) is 4.90 Å². The van der Waals surface area contributed by atoms with Crippen molar-refractivity contribution in [2.45, 2.75) is 17.4 Å². The van der Waals surface area contributed by atoms with E-state index in [1.807, 2.05) is 0 Å². The van der Waals surface area contributed by atoms with Crippen LogP contribution in [0.1, 0.15) is 39.3 Å². The third kappa shape index (κ3) is 6.11. The molecule has 2 aliphatic carbocycles. The van der Waals surface area contributed by atoms with Gasteiger partial charge in [-0.15, -0.1) is 0 Å². The fourth-order valence-corrected chi connectivity index (χ4v) is 12.5. The first-order valence-electron chi connectivity index (χ1n) is 24.6. The van der Waals surface area contributed by atoms with Crippen LogP contribution in [-0.2, 0) is 5.41 Å². The van der Waals surface area contributed by atoms with Crippen molar-refractivity contribution in [1.29, 1.82) is 0 Å². The number of nitrogens with zero attached hydrogens (tertiary/aromatic N) is 1. The quantitative estimate of drug-likeness (QED) is 0.144. The minimum Gasteiger partial charge on any atom is -0.333 e. The van der Waals surface area contributed by atoms with Crippen LogP contribution in [0.4, 0.5) is 11.4 Å². The van der Waals surface area contributed by atoms with E-state index in [0.717, 1.165) is 0 Å². The Kier molecular flexibility index (Phi) is 9.32. The van der Waals surface area contributed by atoms with Crippen LogP contribution in [0.2, 0.25) is 0 Å². The van der Waals surface area contributed by atoms with Crippen LogP contribution >= 0.6 is 0 Å². The molecule has 0 bridgehead atoms. The van der Waals surface area contributed by atoms with E-state index in [4.69, 9.17) is 0 Å². The van der Waals surface area contributed by atoms with Gasteiger partial charge in [-0.25, -0.2) is 0 Å². The standard InChI is InChI=1S/C69H47N/c1-6-20-46(21-7-1)67-57-31-16-17-32-58(57)68(47-22-8-2-9-23-47)62-44-48(35-39-59(62)67)49-36-40-65-60(42-49)61-43-50(37-41-66(61)70(65)54-28-14-5-15-29-54)51-34-38-56-55-30-18-19-33-63(55)69(64(56)45-51,52-24-10-3-11-25-52)53-26-12-4-13-27-53/h1-45,60,65H. The second-order valence-electron chi connectivity index (χ2n) is 19.1. The van der Waals surface area contributed by atoms with E-state index in [0.29, 0.717) is 0 Å². The van der Waals surface area contributed by atoms with Crippen molar-refractivity contribution in [1.82, 2.24) is 0 Å². The average molecular weight is 890 g/mol. The fraction of sp³-hybridized carbons (Fsp3) is 0.0435. The molecule has 1 nitrogen and oxygen atoms in total. The zero-order valence-electron chi connectivity index (χ0n) is 38.6. The van der Waals surface area contributed by atoms with Crippen molar-refractivity contribution >= 4 is 38.5 Å². The third-order valence-corrected chi connectivity index (χ3v) is 15.5. The van der Waals surface area contributed by atoms with E-state index in [9.17, 15) is 0 Å². The molecule has 70 heavy (non-hydrogen) atoms. The summed E-state index contributed by atoms with van der Waals surface area (Å²) in [5.74, 6) is 0.127. The largest absolute Gasteiger partial charge is 0.333 e. The van der Waals surface area contributed by atoms with Gasteiger partial charge in [0.15, 0.2) is 0 Å². The molecule has 0 fully saturated rings. The summed E-state index contributed by atoms with van der Waals surface area (Å²) in [6, 6.07) is 94.7. The Labute approximate surface area is 409 Å². The Hall–Kier alpha value is -8.78. The summed E-state index contributed by atoms with van der Waals surface area (Å²) < 4.78 is 0. The van der Waals surface area contributed by atoms with E-state index in [1.165, 1.54) is 116 Å². The average Bonchev–Trinajstić information content (AvgIpc) is 3.93. The summed E-state index contributed by atoms with van der Waals surface area (Å²) in [5, 5.41) is 5.06. The SMILES string of the molecule is C1=CC2C(C=C1c1ccc3c(-c4ccccc4)c4ccccc4c(-c4ccccc4)c3c1)c1cc(-c3ccc4c(c3)C(c3ccccc3)(c3ccccc3)c3ccccc3-4)ccc1N2c1ccccc1. The Balaban J connectivity index is 0.940. The maximum absolute atomic E-state index is 2.55. The topological polar surface area (TPSA) is 3.24 Å². The minimum absolute atomic E-state index is 0.127. The van der Waals surface area contributed by atoms with Crippen LogP contribution < -0.4 is 4.90 Å². The molecule has 1 heterocycles. The van der Waals surface area contributed by atoms with Crippen LogP contribution in [0.5, 0.6) is 0 Å². The van der Waals surface area contributed by atoms with Crippen molar-refractivity contribution in [2.24, 2.45) is 0 Å². The van der Waals surface area contributed by atoms with Gasteiger partial charge in [0, 0.05) is 17.3 Å². The van der Waals surface area contributed by atoms with Crippen LogP contribution in [0.3, 0.4) is 0 Å². The number of allylic oxidation sites excluding steroid dienone is 2. The van der Waals surface area contributed by atoms with Crippen molar-refractivity contribution in [3.63, 3.8) is 0 Å². The number of rotatable bonds is 7. The Morgan fingerprint density at radius 3 is 1.54 bits per heavy atom. The van der Waals surface area contributed by atoms with Crippen LogP contribution in [0.15, 0.2) is 273 Å². The fourth-order valence-electron chi connectivity index (χ4n) is 12.5. The Bertz CT molecular complexity index is 3830. The lowest BCUT2D eigenvalue weighted by Crippen LogP contribution is -2.28. The summed E-state index contributed by atoms with van der Waals surface area (Å²) in [4.78, 5) is 2.55. The number of para-hydroxylation sites is 1. The van der Waals surface area contributed by atoms with Gasteiger partial charge >= 0.3 is 0 Å². The molecule has 2 unspecified atom stereocenters. The summed E-state index contributed by atoms with van der Waals surface area (Å²) >= 11 is 0. The van der Waals surface area contributed by atoms with Crippen LogP contribution in [-0.4, -0.2) is 6.04 Å².